The Morgan fingerprint density at radius 2 is 1.91 bits per heavy atom. The molecule has 0 atom stereocenters. The predicted molar refractivity (Wildman–Crippen MR) is 90.9 cm³/mol. The summed E-state index contributed by atoms with van der Waals surface area (Å²) in [6.45, 7) is 3.70. The molecule has 0 unspecified atom stereocenters. The number of thiophene rings is 1. The van der Waals surface area contributed by atoms with Crippen molar-refractivity contribution < 1.29 is 18.7 Å². The van der Waals surface area contributed by atoms with Crippen molar-refractivity contribution in [3.63, 3.8) is 0 Å². The van der Waals surface area contributed by atoms with Crippen LogP contribution in [0.15, 0.2) is 29.2 Å². The number of carbonyl (C=O) groups is 2. The molecular formula is C16H16FNO3S2. The van der Waals surface area contributed by atoms with Gasteiger partial charge in [-0.2, -0.15) is 0 Å². The first-order valence-electron chi connectivity index (χ1n) is 6.79. The summed E-state index contributed by atoms with van der Waals surface area (Å²) in [5, 5.41) is 3.25. The number of thioether (sulfide) groups is 1. The van der Waals surface area contributed by atoms with E-state index in [-0.39, 0.29) is 17.5 Å². The van der Waals surface area contributed by atoms with Gasteiger partial charge in [0.1, 0.15) is 10.8 Å². The zero-order valence-electron chi connectivity index (χ0n) is 12.9. The SMILES string of the molecule is COC(=O)c1c(NC(=O)CSc2ccc(F)cc2)sc(C)c1C. The van der Waals surface area contributed by atoms with Crippen molar-refractivity contribution in [2.75, 3.05) is 18.2 Å². The molecule has 2 aromatic rings. The highest BCUT2D eigenvalue weighted by molar-refractivity contribution is 8.00. The van der Waals surface area contributed by atoms with Crippen LogP contribution in [0.25, 0.3) is 0 Å². The fourth-order valence-corrected chi connectivity index (χ4v) is 3.67. The number of anilines is 1. The van der Waals surface area contributed by atoms with Gasteiger partial charge in [-0.1, -0.05) is 0 Å². The van der Waals surface area contributed by atoms with Gasteiger partial charge in [-0.25, -0.2) is 9.18 Å². The number of methoxy groups -OCH3 is 1. The lowest BCUT2D eigenvalue weighted by molar-refractivity contribution is -0.113. The number of amides is 1. The van der Waals surface area contributed by atoms with Gasteiger partial charge in [0.25, 0.3) is 0 Å². The minimum absolute atomic E-state index is 0.169. The summed E-state index contributed by atoms with van der Waals surface area (Å²) >= 11 is 2.64. The molecule has 1 N–H and O–H groups in total. The topological polar surface area (TPSA) is 55.4 Å². The summed E-state index contributed by atoms with van der Waals surface area (Å²) in [5.41, 5.74) is 1.21. The number of rotatable bonds is 5. The molecule has 1 heterocycles. The standard InChI is InChI=1S/C16H16FNO3S2/c1-9-10(2)23-15(14(9)16(20)21-3)18-13(19)8-22-12-6-4-11(17)5-7-12/h4-7H,8H2,1-3H3,(H,18,19). The quantitative estimate of drug-likeness (QED) is 0.651. The van der Waals surface area contributed by atoms with Crippen LogP contribution in [-0.2, 0) is 9.53 Å². The molecule has 1 aromatic carbocycles. The number of aryl methyl sites for hydroxylation is 1. The maximum absolute atomic E-state index is 12.8. The van der Waals surface area contributed by atoms with Crippen molar-refractivity contribution >= 4 is 40.0 Å². The van der Waals surface area contributed by atoms with Crippen LogP contribution in [0, 0.1) is 19.7 Å². The average molecular weight is 353 g/mol. The molecule has 0 aliphatic heterocycles. The molecule has 2 rings (SSSR count). The molecule has 1 amide bonds. The number of hydrogen-bond donors (Lipinski definition) is 1. The lowest BCUT2D eigenvalue weighted by Gasteiger charge is -2.06. The van der Waals surface area contributed by atoms with Gasteiger partial charge in [-0.3, -0.25) is 4.79 Å². The number of carbonyl (C=O) groups excluding carboxylic acids is 2. The number of halogens is 1. The Kier molecular flexibility index (Phi) is 5.79. The largest absolute Gasteiger partial charge is 0.465 e. The van der Waals surface area contributed by atoms with Crippen LogP contribution in [0.5, 0.6) is 0 Å². The highest BCUT2D eigenvalue weighted by atomic mass is 32.2. The van der Waals surface area contributed by atoms with Gasteiger partial charge in [-0.15, -0.1) is 23.1 Å². The molecule has 0 bridgehead atoms. The second kappa shape index (κ2) is 7.61. The molecule has 0 aliphatic carbocycles. The van der Waals surface area contributed by atoms with Crippen LogP contribution < -0.4 is 5.32 Å². The zero-order chi connectivity index (χ0) is 17.0. The number of benzene rings is 1. The molecule has 0 aliphatic rings. The van der Waals surface area contributed by atoms with Gasteiger partial charge in [0.05, 0.1) is 18.4 Å². The Hall–Kier alpha value is -1.86. The second-order valence-electron chi connectivity index (χ2n) is 4.77. The molecule has 0 saturated heterocycles. The lowest BCUT2D eigenvalue weighted by Crippen LogP contribution is -2.16. The van der Waals surface area contributed by atoms with E-state index in [0.717, 1.165) is 15.3 Å². The zero-order valence-corrected chi connectivity index (χ0v) is 14.6. The summed E-state index contributed by atoms with van der Waals surface area (Å²) < 4.78 is 17.6. The number of ether oxygens (including phenoxy) is 1. The maximum Gasteiger partial charge on any atom is 0.341 e. The van der Waals surface area contributed by atoms with Crippen LogP contribution >= 0.6 is 23.1 Å². The third-order valence-corrected chi connectivity index (χ3v) is 5.35. The summed E-state index contributed by atoms with van der Waals surface area (Å²) in [6.07, 6.45) is 0. The Labute approximate surface area is 142 Å². The smallest absolute Gasteiger partial charge is 0.341 e. The van der Waals surface area contributed by atoms with Crippen LogP contribution in [-0.4, -0.2) is 24.7 Å². The van der Waals surface area contributed by atoms with Crippen molar-refractivity contribution in [2.24, 2.45) is 0 Å². The van der Waals surface area contributed by atoms with Crippen LogP contribution in [0.2, 0.25) is 0 Å². The first kappa shape index (κ1) is 17.5. The summed E-state index contributed by atoms with van der Waals surface area (Å²) in [5.74, 6) is -0.840. The van der Waals surface area contributed by atoms with E-state index in [1.54, 1.807) is 12.1 Å². The molecule has 122 valence electrons. The molecule has 0 saturated carbocycles. The minimum atomic E-state index is -0.465. The normalized spacial score (nSPS) is 10.4. The van der Waals surface area contributed by atoms with Crippen molar-refractivity contribution in [3.05, 3.63) is 46.1 Å². The average Bonchev–Trinajstić information content (AvgIpc) is 2.80. The van der Waals surface area contributed by atoms with E-state index in [1.165, 1.54) is 42.3 Å². The van der Waals surface area contributed by atoms with E-state index in [0.29, 0.717) is 10.6 Å². The van der Waals surface area contributed by atoms with Gasteiger partial charge in [0.15, 0.2) is 0 Å². The summed E-state index contributed by atoms with van der Waals surface area (Å²) in [7, 11) is 1.31. The number of esters is 1. The van der Waals surface area contributed by atoms with Gasteiger partial charge >= 0.3 is 5.97 Å². The Balaban J connectivity index is 2.04. The highest BCUT2D eigenvalue weighted by Crippen LogP contribution is 2.33. The van der Waals surface area contributed by atoms with Crippen molar-refractivity contribution in [2.45, 2.75) is 18.7 Å². The molecule has 1 aromatic heterocycles. The Morgan fingerprint density at radius 1 is 1.26 bits per heavy atom. The molecule has 23 heavy (non-hydrogen) atoms. The van der Waals surface area contributed by atoms with Crippen LogP contribution in [0.3, 0.4) is 0 Å². The Morgan fingerprint density at radius 3 is 2.52 bits per heavy atom. The molecule has 0 radical (unpaired) electrons. The second-order valence-corrected chi connectivity index (χ2v) is 7.04. The third-order valence-electron chi connectivity index (χ3n) is 3.21. The van der Waals surface area contributed by atoms with Crippen molar-refractivity contribution in [1.82, 2.24) is 0 Å². The molecule has 0 fully saturated rings. The van der Waals surface area contributed by atoms with Gasteiger partial charge < -0.3 is 10.1 Å². The van der Waals surface area contributed by atoms with Crippen molar-refractivity contribution in [3.8, 4) is 0 Å². The predicted octanol–water partition coefficient (Wildman–Crippen LogP) is 4.02. The van der Waals surface area contributed by atoms with Crippen LogP contribution in [0.4, 0.5) is 9.39 Å². The fraction of sp³-hybridized carbons (Fsp3) is 0.250. The molecular weight excluding hydrogens is 337 g/mol. The summed E-state index contributed by atoms with van der Waals surface area (Å²) in [6, 6.07) is 5.93. The molecule has 0 spiro atoms. The highest BCUT2D eigenvalue weighted by Gasteiger charge is 2.21. The van der Waals surface area contributed by atoms with E-state index in [4.69, 9.17) is 4.74 Å². The fourth-order valence-electron chi connectivity index (χ4n) is 1.91. The molecule has 4 nitrogen and oxygen atoms in total. The van der Waals surface area contributed by atoms with Gasteiger partial charge in [0.2, 0.25) is 5.91 Å². The number of nitrogens with one attached hydrogen (secondary N) is 1. The minimum Gasteiger partial charge on any atom is -0.465 e. The van der Waals surface area contributed by atoms with Gasteiger partial charge in [0, 0.05) is 9.77 Å². The van der Waals surface area contributed by atoms with Gasteiger partial charge in [-0.05, 0) is 43.7 Å². The third kappa shape index (κ3) is 4.33. The van der Waals surface area contributed by atoms with E-state index in [9.17, 15) is 14.0 Å². The number of hydrogen-bond acceptors (Lipinski definition) is 5. The monoisotopic (exact) mass is 353 g/mol. The molecule has 7 heteroatoms. The maximum atomic E-state index is 12.8. The van der Waals surface area contributed by atoms with E-state index < -0.39 is 5.97 Å². The van der Waals surface area contributed by atoms with Crippen LogP contribution in [0.1, 0.15) is 20.8 Å². The van der Waals surface area contributed by atoms with E-state index in [1.807, 2.05) is 13.8 Å². The first-order valence-corrected chi connectivity index (χ1v) is 8.59. The first-order chi connectivity index (χ1) is 10.9. The van der Waals surface area contributed by atoms with Crippen molar-refractivity contribution in [1.29, 1.82) is 0 Å². The lowest BCUT2D eigenvalue weighted by atomic mass is 10.1. The Bertz CT molecular complexity index is 726. The van der Waals surface area contributed by atoms with E-state index in [2.05, 4.69) is 5.32 Å². The summed E-state index contributed by atoms with van der Waals surface area (Å²) in [4.78, 5) is 25.7. The van der Waals surface area contributed by atoms with E-state index >= 15 is 0 Å².